The Kier molecular flexibility index (Phi) is 6.43. The number of hydrogen-bond acceptors (Lipinski definition) is 6. The van der Waals surface area contributed by atoms with Crippen molar-refractivity contribution >= 4 is 22.8 Å². The minimum Gasteiger partial charge on any atom is -0.353 e. The van der Waals surface area contributed by atoms with Gasteiger partial charge < -0.3 is 9.80 Å². The third kappa shape index (κ3) is 4.80. The van der Waals surface area contributed by atoms with E-state index in [0.29, 0.717) is 25.2 Å². The van der Waals surface area contributed by atoms with Gasteiger partial charge in [0, 0.05) is 49.6 Å². The van der Waals surface area contributed by atoms with Gasteiger partial charge in [-0.15, -0.1) is 0 Å². The normalized spacial score (nSPS) is 14.2. The number of carbonyl (C=O) groups is 1. The Morgan fingerprint density at radius 3 is 2.31 bits per heavy atom. The molecule has 1 aliphatic rings. The number of piperazine rings is 1. The van der Waals surface area contributed by atoms with E-state index in [-0.39, 0.29) is 11.8 Å². The second-order valence-electron chi connectivity index (χ2n) is 10.00. The van der Waals surface area contributed by atoms with Gasteiger partial charge in [0.15, 0.2) is 5.65 Å². The first-order valence-electron chi connectivity index (χ1n) is 12.6. The molecule has 1 aromatic carbocycles. The van der Waals surface area contributed by atoms with Gasteiger partial charge >= 0.3 is 0 Å². The van der Waals surface area contributed by atoms with Crippen LogP contribution in [0.3, 0.4) is 0 Å². The maximum absolute atomic E-state index is 13.6. The van der Waals surface area contributed by atoms with Crippen LogP contribution in [-0.2, 0) is 6.54 Å². The maximum atomic E-state index is 13.6. The molecule has 1 fully saturated rings. The number of benzene rings is 1. The number of nitrogens with zero attached hydrogens (tertiary/aromatic N) is 7. The molecule has 0 N–H and O–H groups in total. The van der Waals surface area contributed by atoms with Crippen molar-refractivity contribution in [2.75, 3.05) is 31.1 Å². The summed E-state index contributed by atoms with van der Waals surface area (Å²) in [5.41, 5.74) is 5.57. The first kappa shape index (κ1) is 23.9. The molecule has 1 aliphatic heterocycles. The van der Waals surface area contributed by atoms with E-state index in [2.05, 4.69) is 60.0 Å². The number of aromatic nitrogens is 5. The first-order valence-corrected chi connectivity index (χ1v) is 12.6. The first-order chi connectivity index (χ1) is 17.3. The van der Waals surface area contributed by atoms with Crippen LogP contribution in [0, 0.1) is 20.8 Å². The van der Waals surface area contributed by atoms with Gasteiger partial charge in [0.25, 0.3) is 5.91 Å². The zero-order valence-electron chi connectivity index (χ0n) is 21.7. The van der Waals surface area contributed by atoms with Crippen molar-refractivity contribution in [3.8, 4) is 0 Å². The summed E-state index contributed by atoms with van der Waals surface area (Å²) in [6, 6.07) is 12.3. The van der Waals surface area contributed by atoms with Gasteiger partial charge in [0.2, 0.25) is 0 Å². The molecule has 0 aliphatic carbocycles. The van der Waals surface area contributed by atoms with Crippen molar-refractivity contribution in [2.24, 2.45) is 0 Å². The Morgan fingerprint density at radius 1 is 0.917 bits per heavy atom. The molecule has 1 saturated heterocycles. The molecule has 8 nitrogen and oxygen atoms in total. The van der Waals surface area contributed by atoms with E-state index in [9.17, 15) is 4.79 Å². The van der Waals surface area contributed by atoms with E-state index >= 15 is 0 Å². The summed E-state index contributed by atoms with van der Waals surface area (Å²) in [7, 11) is 0. The van der Waals surface area contributed by atoms with Crippen LogP contribution in [0.4, 0.5) is 5.82 Å². The van der Waals surface area contributed by atoms with Crippen LogP contribution in [0.1, 0.15) is 58.5 Å². The van der Waals surface area contributed by atoms with Crippen LogP contribution in [0.5, 0.6) is 0 Å². The lowest BCUT2D eigenvalue weighted by Crippen LogP contribution is -2.49. The topological polar surface area (TPSA) is 80.0 Å². The molecular formula is C28H33N7O. The molecule has 8 heteroatoms. The van der Waals surface area contributed by atoms with Crippen LogP contribution in [0.2, 0.25) is 0 Å². The monoisotopic (exact) mass is 483 g/mol. The lowest BCUT2D eigenvalue weighted by molar-refractivity contribution is 0.0748. The predicted octanol–water partition coefficient (Wildman–Crippen LogP) is 4.28. The van der Waals surface area contributed by atoms with Crippen LogP contribution >= 0.6 is 0 Å². The van der Waals surface area contributed by atoms with Gasteiger partial charge in [0.05, 0.1) is 23.7 Å². The fraction of sp³-hybridized carbons (Fsp3) is 0.393. The van der Waals surface area contributed by atoms with E-state index in [1.54, 1.807) is 6.20 Å². The molecule has 0 spiro atoms. The summed E-state index contributed by atoms with van der Waals surface area (Å²) in [5.74, 6) is 2.11. The Balaban J connectivity index is 1.35. The Bertz CT molecular complexity index is 1400. The van der Waals surface area contributed by atoms with Crippen LogP contribution in [0.15, 0.2) is 42.6 Å². The fourth-order valence-corrected chi connectivity index (χ4v) is 4.64. The van der Waals surface area contributed by atoms with E-state index in [1.807, 2.05) is 35.6 Å². The number of fused-ring (bicyclic) bond motifs is 1. The van der Waals surface area contributed by atoms with E-state index in [4.69, 9.17) is 9.97 Å². The number of amides is 1. The van der Waals surface area contributed by atoms with Crippen LogP contribution < -0.4 is 4.90 Å². The summed E-state index contributed by atoms with van der Waals surface area (Å²) in [5, 5.41) is 5.38. The Labute approximate surface area is 212 Å². The molecule has 36 heavy (non-hydrogen) atoms. The van der Waals surface area contributed by atoms with Gasteiger partial charge in [-0.05, 0) is 32.4 Å². The van der Waals surface area contributed by atoms with Crippen molar-refractivity contribution in [1.29, 1.82) is 0 Å². The highest BCUT2D eigenvalue weighted by molar-refractivity contribution is 6.05. The zero-order chi connectivity index (χ0) is 25.4. The van der Waals surface area contributed by atoms with Crippen molar-refractivity contribution in [3.63, 3.8) is 0 Å². The lowest BCUT2D eigenvalue weighted by Gasteiger charge is -2.35. The van der Waals surface area contributed by atoms with E-state index in [1.165, 1.54) is 5.56 Å². The smallest absolute Gasteiger partial charge is 0.254 e. The summed E-state index contributed by atoms with van der Waals surface area (Å²) in [6.07, 6.45) is 1.77. The molecule has 4 aromatic rings. The van der Waals surface area contributed by atoms with Crippen molar-refractivity contribution in [1.82, 2.24) is 29.6 Å². The number of pyridine rings is 1. The Morgan fingerprint density at radius 2 is 1.61 bits per heavy atom. The van der Waals surface area contributed by atoms with Gasteiger partial charge in [-0.3, -0.25) is 4.79 Å². The summed E-state index contributed by atoms with van der Waals surface area (Å²) >= 11 is 0. The van der Waals surface area contributed by atoms with Crippen molar-refractivity contribution in [3.05, 3.63) is 76.5 Å². The third-order valence-electron chi connectivity index (χ3n) is 6.69. The van der Waals surface area contributed by atoms with Gasteiger partial charge in [-0.2, -0.15) is 5.10 Å². The number of carbonyl (C=O) groups excluding carboxylic acids is 1. The van der Waals surface area contributed by atoms with Crippen LogP contribution in [-0.4, -0.2) is 61.7 Å². The molecule has 186 valence electrons. The third-order valence-corrected chi connectivity index (χ3v) is 6.69. The van der Waals surface area contributed by atoms with E-state index < -0.39 is 0 Å². The fourth-order valence-electron chi connectivity index (χ4n) is 4.64. The highest BCUT2D eigenvalue weighted by Gasteiger charge is 2.26. The lowest BCUT2D eigenvalue weighted by atomic mass is 10.1. The standard InChI is InChI=1S/C28H33N7O/c1-18(2)26-30-21(5)15-25(32-26)33-10-12-34(13-11-33)28(36)23-14-20(4)31-27-24(23)16-29-35(27)17-22-8-6-19(3)7-9-22/h6-9,14-16,18H,10-13,17H2,1-5H3. The van der Waals surface area contributed by atoms with Crippen molar-refractivity contribution < 1.29 is 4.79 Å². The molecule has 0 radical (unpaired) electrons. The maximum Gasteiger partial charge on any atom is 0.254 e. The second-order valence-corrected chi connectivity index (χ2v) is 10.00. The molecule has 0 atom stereocenters. The van der Waals surface area contributed by atoms with Crippen molar-refractivity contribution in [2.45, 2.75) is 47.1 Å². The minimum atomic E-state index is 0.0294. The number of anilines is 1. The average Bonchev–Trinajstić information content (AvgIpc) is 3.26. The van der Waals surface area contributed by atoms with Crippen LogP contribution in [0.25, 0.3) is 11.0 Å². The van der Waals surface area contributed by atoms with Gasteiger partial charge in [-0.25, -0.2) is 19.6 Å². The molecule has 3 aromatic heterocycles. The number of rotatable bonds is 5. The molecule has 0 unspecified atom stereocenters. The predicted molar refractivity (Wildman–Crippen MR) is 142 cm³/mol. The summed E-state index contributed by atoms with van der Waals surface area (Å²) in [6.45, 7) is 13.6. The molecule has 1 amide bonds. The van der Waals surface area contributed by atoms with E-state index in [0.717, 1.165) is 52.7 Å². The zero-order valence-corrected chi connectivity index (χ0v) is 21.7. The second kappa shape index (κ2) is 9.68. The highest BCUT2D eigenvalue weighted by Crippen LogP contribution is 2.23. The number of aryl methyl sites for hydroxylation is 3. The SMILES string of the molecule is Cc1ccc(Cn2ncc3c(C(=O)N4CCN(c5cc(C)nc(C(C)C)n5)CC4)cc(C)nc32)cc1. The van der Waals surface area contributed by atoms with Gasteiger partial charge in [0.1, 0.15) is 11.6 Å². The molecule has 0 saturated carbocycles. The summed E-state index contributed by atoms with van der Waals surface area (Å²) in [4.78, 5) is 31.9. The highest BCUT2D eigenvalue weighted by atomic mass is 16.2. The average molecular weight is 484 g/mol. The quantitative estimate of drug-likeness (QED) is 0.422. The summed E-state index contributed by atoms with van der Waals surface area (Å²) < 4.78 is 1.88. The molecule has 0 bridgehead atoms. The Hall–Kier alpha value is -3.81. The number of hydrogen-bond donors (Lipinski definition) is 0. The van der Waals surface area contributed by atoms with Gasteiger partial charge in [-0.1, -0.05) is 43.7 Å². The molecular weight excluding hydrogens is 450 g/mol. The molecule has 4 heterocycles. The molecule has 5 rings (SSSR count). The largest absolute Gasteiger partial charge is 0.353 e. The minimum absolute atomic E-state index is 0.0294.